The second-order valence-corrected chi connectivity index (χ2v) is 7.78. The van der Waals surface area contributed by atoms with Gasteiger partial charge in [-0.2, -0.15) is 10.2 Å². The van der Waals surface area contributed by atoms with Gasteiger partial charge in [-0.05, 0) is 92.4 Å². The molecule has 148 valence electrons. The van der Waals surface area contributed by atoms with Crippen LogP contribution >= 0.6 is 0 Å². The van der Waals surface area contributed by atoms with Gasteiger partial charge < -0.3 is 9.80 Å². The number of aryl methyl sites for hydroxylation is 2. The molecule has 0 saturated carbocycles. The molecule has 0 radical (unpaired) electrons. The summed E-state index contributed by atoms with van der Waals surface area (Å²) in [7, 11) is 2.11. The quantitative estimate of drug-likeness (QED) is 0.440. The third-order valence-electron chi connectivity index (χ3n) is 5.53. The van der Waals surface area contributed by atoms with Gasteiger partial charge in [0.25, 0.3) is 0 Å². The lowest BCUT2D eigenvalue weighted by Crippen LogP contribution is -2.17. The van der Waals surface area contributed by atoms with Crippen molar-refractivity contribution in [2.75, 3.05) is 29.9 Å². The molecule has 1 heterocycles. The van der Waals surface area contributed by atoms with E-state index in [1.807, 2.05) is 24.3 Å². The zero-order valence-electron chi connectivity index (χ0n) is 17.5. The summed E-state index contributed by atoms with van der Waals surface area (Å²) in [6, 6.07) is 23.2. The van der Waals surface area contributed by atoms with Crippen LogP contribution in [-0.2, 0) is 0 Å². The first kappa shape index (κ1) is 19.2. The third-order valence-corrected chi connectivity index (χ3v) is 5.53. The van der Waals surface area contributed by atoms with E-state index in [2.05, 4.69) is 83.4 Å². The van der Waals surface area contributed by atoms with Crippen LogP contribution in [0.3, 0.4) is 0 Å². The molecule has 1 fully saturated rings. The zero-order chi connectivity index (χ0) is 20.2. The van der Waals surface area contributed by atoms with Crippen LogP contribution in [0.15, 0.2) is 77.0 Å². The van der Waals surface area contributed by atoms with E-state index in [1.54, 1.807) is 0 Å². The highest BCUT2D eigenvalue weighted by Crippen LogP contribution is 2.32. The molecule has 0 bridgehead atoms. The maximum absolute atomic E-state index is 4.41. The van der Waals surface area contributed by atoms with Gasteiger partial charge in [0.2, 0.25) is 0 Å². The van der Waals surface area contributed by atoms with Crippen LogP contribution in [0.25, 0.3) is 0 Å². The Bertz CT molecular complexity index is 1000. The van der Waals surface area contributed by atoms with Gasteiger partial charge in [-0.3, -0.25) is 0 Å². The Labute approximate surface area is 173 Å². The summed E-state index contributed by atoms with van der Waals surface area (Å²) in [5.41, 5.74) is 7.79. The van der Waals surface area contributed by atoms with Crippen molar-refractivity contribution in [3.63, 3.8) is 0 Å². The highest BCUT2D eigenvalue weighted by Gasteiger charge is 2.13. The highest BCUT2D eigenvalue weighted by molar-refractivity contribution is 5.69. The SMILES string of the molecule is Cc1cccc(N=Nc2ccc(N(C)c3ccc(N4CCCC4)cc3)c(C)c2)c1. The van der Waals surface area contributed by atoms with Crippen LogP contribution in [0.4, 0.5) is 28.4 Å². The summed E-state index contributed by atoms with van der Waals surface area (Å²) in [5, 5.41) is 8.77. The Hall–Kier alpha value is -3.14. The summed E-state index contributed by atoms with van der Waals surface area (Å²) in [6.07, 6.45) is 2.60. The molecule has 3 aromatic carbocycles. The highest BCUT2D eigenvalue weighted by atomic mass is 15.1. The molecule has 4 rings (SSSR count). The number of anilines is 3. The number of rotatable bonds is 5. The summed E-state index contributed by atoms with van der Waals surface area (Å²) >= 11 is 0. The van der Waals surface area contributed by atoms with Gasteiger partial charge in [0.1, 0.15) is 0 Å². The minimum Gasteiger partial charge on any atom is -0.372 e. The number of hydrogen-bond donors (Lipinski definition) is 0. The molecular weight excluding hydrogens is 356 g/mol. The van der Waals surface area contributed by atoms with Crippen molar-refractivity contribution in [1.82, 2.24) is 0 Å². The fourth-order valence-corrected chi connectivity index (χ4v) is 3.89. The smallest absolute Gasteiger partial charge is 0.0861 e. The van der Waals surface area contributed by atoms with E-state index in [-0.39, 0.29) is 0 Å². The summed E-state index contributed by atoms with van der Waals surface area (Å²) in [4.78, 5) is 4.69. The third kappa shape index (κ3) is 4.48. The lowest BCUT2D eigenvalue weighted by atomic mass is 10.1. The molecule has 0 spiro atoms. The average Bonchev–Trinajstić information content (AvgIpc) is 3.27. The molecule has 1 saturated heterocycles. The van der Waals surface area contributed by atoms with Crippen molar-refractivity contribution in [3.8, 4) is 0 Å². The van der Waals surface area contributed by atoms with E-state index in [0.29, 0.717) is 0 Å². The summed E-state index contributed by atoms with van der Waals surface area (Å²) in [5.74, 6) is 0. The van der Waals surface area contributed by atoms with Crippen molar-refractivity contribution in [1.29, 1.82) is 0 Å². The van der Waals surface area contributed by atoms with E-state index in [9.17, 15) is 0 Å². The van der Waals surface area contributed by atoms with Crippen molar-refractivity contribution in [3.05, 3.63) is 77.9 Å². The van der Waals surface area contributed by atoms with Crippen molar-refractivity contribution in [2.24, 2.45) is 10.2 Å². The summed E-state index contributed by atoms with van der Waals surface area (Å²) < 4.78 is 0. The molecule has 0 unspecified atom stereocenters. The lowest BCUT2D eigenvalue weighted by molar-refractivity contribution is 0.949. The van der Waals surface area contributed by atoms with Gasteiger partial charge in [-0.25, -0.2) is 0 Å². The molecule has 3 aromatic rings. The normalized spacial score (nSPS) is 14.0. The maximum Gasteiger partial charge on any atom is 0.0861 e. The van der Waals surface area contributed by atoms with Gasteiger partial charge in [-0.1, -0.05) is 12.1 Å². The minimum absolute atomic E-state index is 0.866. The Balaban J connectivity index is 1.49. The van der Waals surface area contributed by atoms with Gasteiger partial charge in [0.05, 0.1) is 11.4 Å². The number of benzene rings is 3. The van der Waals surface area contributed by atoms with E-state index in [4.69, 9.17) is 0 Å². The zero-order valence-corrected chi connectivity index (χ0v) is 17.5. The largest absolute Gasteiger partial charge is 0.372 e. The van der Waals surface area contributed by atoms with E-state index in [0.717, 1.165) is 11.4 Å². The number of nitrogens with zero attached hydrogens (tertiary/aromatic N) is 4. The average molecular weight is 385 g/mol. The van der Waals surface area contributed by atoms with Crippen LogP contribution in [0.2, 0.25) is 0 Å². The maximum atomic E-state index is 4.41. The molecule has 0 atom stereocenters. The van der Waals surface area contributed by atoms with E-state index < -0.39 is 0 Å². The first-order chi connectivity index (χ1) is 14.1. The Morgan fingerprint density at radius 2 is 1.48 bits per heavy atom. The predicted molar refractivity (Wildman–Crippen MR) is 122 cm³/mol. The number of hydrogen-bond acceptors (Lipinski definition) is 4. The van der Waals surface area contributed by atoms with Crippen LogP contribution in [0.1, 0.15) is 24.0 Å². The first-order valence-corrected chi connectivity index (χ1v) is 10.3. The van der Waals surface area contributed by atoms with Crippen molar-refractivity contribution < 1.29 is 0 Å². The second kappa shape index (κ2) is 8.48. The van der Waals surface area contributed by atoms with Crippen molar-refractivity contribution in [2.45, 2.75) is 26.7 Å². The molecule has 1 aliphatic heterocycles. The molecular formula is C25H28N4. The molecule has 0 amide bonds. The van der Waals surface area contributed by atoms with Crippen LogP contribution in [0.5, 0.6) is 0 Å². The van der Waals surface area contributed by atoms with Gasteiger partial charge in [0, 0.05) is 37.2 Å². The second-order valence-electron chi connectivity index (χ2n) is 7.78. The van der Waals surface area contributed by atoms with Gasteiger partial charge >= 0.3 is 0 Å². The van der Waals surface area contributed by atoms with Crippen LogP contribution in [0, 0.1) is 13.8 Å². The number of azo groups is 1. The molecule has 0 aromatic heterocycles. The van der Waals surface area contributed by atoms with E-state index in [1.165, 1.54) is 54.1 Å². The predicted octanol–water partition coefficient (Wildman–Crippen LogP) is 7.09. The Morgan fingerprint density at radius 3 is 2.14 bits per heavy atom. The lowest BCUT2D eigenvalue weighted by Gasteiger charge is -2.23. The van der Waals surface area contributed by atoms with Gasteiger partial charge in [-0.15, -0.1) is 0 Å². The molecule has 29 heavy (non-hydrogen) atoms. The fraction of sp³-hybridized carbons (Fsp3) is 0.280. The molecule has 1 aliphatic rings. The molecule has 0 N–H and O–H groups in total. The van der Waals surface area contributed by atoms with Crippen LogP contribution in [-0.4, -0.2) is 20.1 Å². The Kier molecular flexibility index (Phi) is 5.61. The fourth-order valence-electron chi connectivity index (χ4n) is 3.89. The Morgan fingerprint density at radius 1 is 0.793 bits per heavy atom. The van der Waals surface area contributed by atoms with Crippen LogP contribution < -0.4 is 9.80 Å². The van der Waals surface area contributed by atoms with Crippen molar-refractivity contribution >= 4 is 28.4 Å². The first-order valence-electron chi connectivity index (χ1n) is 10.3. The monoisotopic (exact) mass is 384 g/mol. The summed E-state index contributed by atoms with van der Waals surface area (Å²) in [6.45, 7) is 6.53. The molecule has 0 aliphatic carbocycles. The molecule has 4 nitrogen and oxygen atoms in total. The minimum atomic E-state index is 0.866. The molecule has 4 heteroatoms. The standard InChI is InChI=1S/C25H28N4/c1-19-7-6-8-21(17-19)26-27-22-9-14-25(20(2)18-22)28(3)23-10-12-24(13-11-23)29-15-4-5-16-29/h6-14,17-18H,4-5,15-16H2,1-3H3. The van der Waals surface area contributed by atoms with E-state index >= 15 is 0 Å². The topological polar surface area (TPSA) is 31.2 Å². The van der Waals surface area contributed by atoms with Gasteiger partial charge in [0.15, 0.2) is 0 Å².